The molecule has 10 unspecified atom stereocenters. The van der Waals surface area contributed by atoms with E-state index in [-0.39, 0.29) is 0 Å². The molecule has 0 aromatic carbocycles. The highest BCUT2D eigenvalue weighted by Crippen LogP contribution is 2.69. The zero-order valence-corrected chi connectivity index (χ0v) is 24.7. The molecule has 0 radical (unpaired) electrons. The summed E-state index contributed by atoms with van der Waals surface area (Å²) >= 11 is 4.57. The van der Waals surface area contributed by atoms with E-state index in [2.05, 4.69) is 97.2 Å². The van der Waals surface area contributed by atoms with Gasteiger partial charge in [-0.15, -0.1) is 23.5 Å². The summed E-state index contributed by atoms with van der Waals surface area (Å²) in [6, 6.07) is 0. The van der Waals surface area contributed by atoms with Crippen LogP contribution in [-0.4, -0.2) is 18.6 Å². The van der Waals surface area contributed by atoms with E-state index in [0.29, 0.717) is 0 Å². The Balaban J connectivity index is 1.49. The molecule has 5 aliphatic rings. The smallest absolute Gasteiger partial charge is 0.0566 e. The fourth-order valence-electron chi connectivity index (χ4n) is 9.76. The van der Waals surface area contributed by atoms with Crippen LogP contribution in [0.25, 0.3) is 0 Å². The second-order valence-electron chi connectivity index (χ2n) is 13.7. The molecule has 3 heteroatoms. The van der Waals surface area contributed by atoms with Gasteiger partial charge in [0.25, 0.3) is 0 Å². The van der Waals surface area contributed by atoms with Gasteiger partial charge in [-0.2, -0.15) is 0 Å². The minimum Gasteiger partial charge on any atom is -0.127 e. The molecule has 0 nitrogen and oxygen atoms in total. The molecule has 0 aromatic rings. The monoisotopic (exact) mass is 488 g/mol. The quantitative estimate of drug-likeness (QED) is 0.361. The maximum absolute atomic E-state index is 2.87. The molecule has 3 aliphatic carbocycles. The Kier molecular flexibility index (Phi) is 6.41. The first-order valence-corrected chi connectivity index (χ1v) is 18.6. The molecule has 3 saturated carbocycles. The highest BCUT2D eigenvalue weighted by atomic mass is 32.2. The minimum atomic E-state index is -1.48. The number of rotatable bonds is 4. The molecule has 3 fully saturated rings. The van der Waals surface area contributed by atoms with Gasteiger partial charge in [0.05, 0.1) is 8.07 Å². The zero-order chi connectivity index (χ0) is 23.1. The van der Waals surface area contributed by atoms with Gasteiger partial charge >= 0.3 is 0 Å². The highest BCUT2D eigenvalue weighted by molar-refractivity contribution is 8.05. The van der Waals surface area contributed by atoms with Gasteiger partial charge in [0.15, 0.2) is 0 Å². The number of allylic oxidation sites excluding steroid dienone is 4. The topological polar surface area (TPSA) is 0 Å². The lowest BCUT2D eigenvalue weighted by Gasteiger charge is -2.49. The van der Waals surface area contributed by atoms with Crippen molar-refractivity contribution >= 4 is 31.6 Å². The normalized spacial score (nSPS) is 48.2. The molecule has 11 atom stereocenters. The predicted octanol–water partition coefficient (Wildman–Crippen LogP) is 9.33. The van der Waals surface area contributed by atoms with Gasteiger partial charge in [0.2, 0.25) is 0 Å². The van der Waals surface area contributed by atoms with Crippen LogP contribution in [0.1, 0.15) is 67.7 Å². The fraction of sp³-hybridized carbons (Fsp3) is 0.862. The van der Waals surface area contributed by atoms with Gasteiger partial charge in [-0.3, -0.25) is 0 Å². The van der Waals surface area contributed by atoms with Gasteiger partial charge in [-0.05, 0) is 107 Å². The van der Waals surface area contributed by atoms with Crippen LogP contribution >= 0.6 is 23.5 Å². The van der Waals surface area contributed by atoms with Crippen molar-refractivity contribution in [1.29, 1.82) is 0 Å². The largest absolute Gasteiger partial charge is 0.127 e. The van der Waals surface area contributed by atoms with Crippen LogP contribution in [0.4, 0.5) is 0 Å². The third-order valence-electron chi connectivity index (χ3n) is 10.9. The van der Waals surface area contributed by atoms with Crippen LogP contribution in [0.2, 0.25) is 24.2 Å². The Hall–Kier alpha value is 0.397. The van der Waals surface area contributed by atoms with Crippen molar-refractivity contribution in [3.63, 3.8) is 0 Å². The lowest BCUT2D eigenvalue weighted by atomic mass is 9.63. The molecule has 0 amide bonds. The SMILES string of the molecule is CC1=CC2C(S1)C([Si](C)(C)C1C(C)CC3C(C(C)C)CC(C(C)C)CC31)C1SC(C)=C[C@@H]21. The van der Waals surface area contributed by atoms with Gasteiger partial charge in [0, 0.05) is 10.5 Å². The van der Waals surface area contributed by atoms with Crippen LogP contribution in [0.3, 0.4) is 0 Å². The van der Waals surface area contributed by atoms with Crippen molar-refractivity contribution in [1.82, 2.24) is 0 Å². The van der Waals surface area contributed by atoms with Gasteiger partial charge < -0.3 is 0 Å². The second-order valence-corrected chi connectivity index (χ2v) is 21.5. The first-order chi connectivity index (χ1) is 15.0. The van der Waals surface area contributed by atoms with Gasteiger partial charge in [-0.1, -0.05) is 59.9 Å². The van der Waals surface area contributed by atoms with Crippen LogP contribution in [0.5, 0.6) is 0 Å². The average molecular weight is 489 g/mol. The Morgan fingerprint density at radius 3 is 1.84 bits per heavy atom. The summed E-state index contributed by atoms with van der Waals surface area (Å²) in [7, 11) is -1.48. The molecule has 0 spiro atoms. The van der Waals surface area contributed by atoms with Crippen LogP contribution in [0.15, 0.2) is 22.0 Å². The van der Waals surface area contributed by atoms with E-state index in [1.54, 1.807) is 16.2 Å². The molecule has 2 aliphatic heterocycles. The maximum atomic E-state index is 2.87. The lowest BCUT2D eigenvalue weighted by molar-refractivity contribution is 0.0729. The summed E-state index contributed by atoms with van der Waals surface area (Å²) < 4.78 is 0. The Bertz CT molecular complexity index is 763. The first kappa shape index (κ1) is 24.1. The second kappa shape index (κ2) is 8.51. The van der Waals surface area contributed by atoms with E-state index >= 15 is 0 Å². The van der Waals surface area contributed by atoms with Crippen molar-refractivity contribution in [3.05, 3.63) is 22.0 Å². The number of hydrogen-bond donors (Lipinski definition) is 0. The van der Waals surface area contributed by atoms with Gasteiger partial charge in [0.1, 0.15) is 0 Å². The van der Waals surface area contributed by atoms with E-state index in [1.165, 1.54) is 12.8 Å². The zero-order valence-electron chi connectivity index (χ0n) is 22.1. The standard InChI is InChI=1S/C29H48S2Si/c1-15(2)20-13-21(16(3)4)22-10-17(5)28(25(22)14-20)32(8,9)29-26-23(11-18(6)30-26)24-12-19(7)31-27(24)29/h11-12,15-17,20-29H,10,13-14H2,1-9H3/t17?,20?,21?,22?,23-,24?,25?,26?,27?,28?,29?/m0/s1. The van der Waals surface area contributed by atoms with Gasteiger partial charge in [-0.25, -0.2) is 0 Å². The Morgan fingerprint density at radius 2 is 1.34 bits per heavy atom. The summed E-state index contributed by atoms with van der Waals surface area (Å²) in [6.07, 6.45) is 9.94. The summed E-state index contributed by atoms with van der Waals surface area (Å²) in [5.74, 6) is 8.24. The van der Waals surface area contributed by atoms with E-state index in [0.717, 1.165) is 74.8 Å². The molecular formula is C29H48S2Si. The molecule has 0 saturated heterocycles. The minimum absolute atomic E-state index is 0.817. The highest BCUT2D eigenvalue weighted by Gasteiger charge is 2.63. The molecule has 2 heterocycles. The maximum Gasteiger partial charge on any atom is 0.0566 e. The first-order valence-electron chi connectivity index (χ1n) is 13.7. The van der Waals surface area contributed by atoms with E-state index in [9.17, 15) is 0 Å². The number of thioether (sulfide) groups is 2. The third-order valence-corrected chi connectivity index (χ3v) is 19.3. The van der Waals surface area contributed by atoms with Crippen molar-refractivity contribution in [2.24, 2.45) is 53.3 Å². The molecule has 0 bridgehead atoms. The van der Waals surface area contributed by atoms with E-state index < -0.39 is 8.07 Å². The van der Waals surface area contributed by atoms with Crippen LogP contribution < -0.4 is 0 Å². The number of hydrogen-bond acceptors (Lipinski definition) is 2. The van der Waals surface area contributed by atoms with Crippen LogP contribution in [0, 0.1) is 53.3 Å². The fourth-order valence-corrected chi connectivity index (χ4v) is 20.8. The van der Waals surface area contributed by atoms with Crippen molar-refractivity contribution in [2.75, 3.05) is 0 Å². The van der Waals surface area contributed by atoms with E-state index in [1.807, 2.05) is 0 Å². The molecular weight excluding hydrogens is 441 g/mol. The van der Waals surface area contributed by atoms with Crippen LogP contribution in [-0.2, 0) is 0 Å². The Morgan fingerprint density at radius 1 is 0.781 bits per heavy atom. The summed E-state index contributed by atoms with van der Waals surface area (Å²) in [4.78, 5) is 3.23. The lowest BCUT2D eigenvalue weighted by Crippen LogP contribution is -2.49. The summed E-state index contributed by atoms with van der Waals surface area (Å²) in [5, 5.41) is 1.75. The summed E-state index contributed by atoms with van der Waals surface area (Å²) in [5.41, 5.74) is 2.00. The Labute approximate surface area is 208 Å². The van der Waals surface area contributed by atoms with Crippen molar-refractivity contribution in [3.8, 4) is 0 Å². The molecule has 0 aromatic heterocycles. The van der Waals surface area contributed by atoms with Crippen molar-refractivity contribution < 1.29 is 0 Å². The van der Waals surface area contributed by atoms with Crippen molar-refractivity contribution in [2.45, 2.75) is 102 Å². The number of fused-ring (bicyclic) bond motifs is 4. The predicted molar refractivity (Wildman–Crippen MR) is 149 cm³/mol. The third kappa shape index (κ3) is 3.69. The summed E-state index contributed by atoms with van der Waals surface area (Å²) in [6.45, 7) is 23.3. The van der Waals surface area contributed by atoms with E-state index in [4.69, 9.17) is 0 Å². The average Bonchev–Trinajstić information content (AvgIpc) is 3.39. The molecule has 180 valence electrons. The molecule has 0 N–H and O–H groups in total. The molecule has 5 rings (SSSR count). The molecule has 32 heavy (non-hydrogen) atoms.